The number of aryl methyl sites for hydroxylation is 2. The van der Waals surface area contributed by atoms with Gasteiger partial charge in [0, 0.05) is 13.2 Å². The number of imidazole rings is 1. The van der Waals surface area contributed by atoms with Gasteiger partial charge in [-0.25, -0.2) is 4.98 Å². The van der Waals surface area contributed by atoms with E-state index in [1.165, 1.54) is 5.56 Å². The number of hydrogen-bond donors (Lipinski definition) is 1. The molecule has 0 fully saturated rings. The Hall–Kier alpha value is -2.20. The predicted octanol–water partition coefficient (Wildman–Crippen LogP) is 2.60. The van der Waals surface area contributed by atoms with Crippen molar-refractivity contribution in [1.29, 1.82) is 0 Å². The molecule has 102 valence electrons. The Morgan fingerprint density at radius 3 is 2.75 bits per heavy atom. The Balaban J connectivity index is 1.79. The van der Waals surface area contributed by atoms with Gasteiger partial charge in [-0.15, -0.1) is 0 Å². The first-order chi connectivity index (χ1) is 9.75. The van der Waals surface area contributed by atoms with Crippen LogP contribution in [-0.4, -0.2) is 14.5 Å². The maximum absolute atomic E-state index is 6.30. The SMILES string of the molecule is Cn1c(C(N)CCc2ccccc2)nc2ccncc21. The molecule has 4 heteroatoms. The van der Waals surface area contributed by atoms with E-state index in [1.807, 2.05) is 29.9 Å². The molecule has 1 unspecified atom stereocenters. The third kappa shape index (κ3) is 2.42. The van der Waals surface area contributed by atoms with Crippen LogP contribution in [0.3, 0.4) is 0 Å². The van der Waals surface area contributed by atoms with Crippen molar-refractivity contribution in [2.45, 2.75) is 18.9 Å². The first-order valence-electron chi connectivity index (χ1n) is 6.81. The first-order valence-corrected chi connectivity index (χ1v) is 6.81. The molecule has 0 radical (unpaired) electrons. The molecular weight excluding hydrogens is 248 g/mol. The van der Waals surface area contributed by atoms with Crippen LogP contribution in [0.4, 0.5) is 0 Å². The quantitative estimate of drug-likeness (QED) is 0.789. The second-order valence-electron chi connectivity index (χ2n) is 5.02. The number of rotatable bonds is 4. The van der Waals surface area contributed by atoms with Crippen LogP contribution < -0.4 is 5.73 Å². The zero-order chi connectivity index (χ0) is 13.9. The predicted molar refractivity (Wildman–Crippen MR) is 80.2 cm³/mol. The average Bonchev–Trinajstić information content (AvgIpc) is 2.84. The zero-order valence-corrected chi connectivity index (χ0v) is 11.5. The average molecular weight is 266 g/mol. The largest absolute Gasteiger partial charge is 0.329 e. The molecule has 1 aromatic carbocycles. The van der Waals surface area contributed by atoms with Crippen LogP contribution in [0.25, 0.3) is 11.0 Å². The fourth-order valence-corrected chi connectivity index (χ4v) is 2.48. The lowest BCUT2D eigenvalue weighted by Gasteiger charge is -2.11. The molecule has 0 saturated carbocycles. The number of nitrogens with zero attached hydrogens (tertiary/aromatic N) is 3. The molecule has 0 spiro atoms. The third-order valence-electron chi connectivity index (χ3n) is 3.64. The molecule has 4 nitrogen and oxygen atoms in total. The number of fused-ring (bicyclic) bond motifs is 1. The Morgan fingerprint density at radius 1 is 1.20 bits per heavy atom. The maximum atomic E-state index is 6.30. The molecule has 0 amide bonds. The molecule has 20 heavy (non-hydrogen) atoms. The van der Waals surface area contributed by atoms with E-state index in [2.05, 4.69) is 34.2 Å². The molecule has 2 aromatic heterocycles. The lowest BCUT2D eigenvalue weighted by atomic mass is 10.1. The summed E-state index contributed by atoms with van der Waals surface area (Å²) in [5, 5.41) is 0. The number of benzene rings is 1. The van der Waals surface area contributed by atoms with E-state index >= 15 is 0 Å². The summed E-state index contributed by atoms with van der Waals surface area (Å²) >= 11 is 0. The van der Waals surface area contributed by atoms with Crippen LogP contribution in [0.2, 0.25) is 0 Å². The van der Waals surface area contributed by atoms with E-state index in [-0.39, 0.29) is 6.04 Å². The van der Waals surface area contributed by atoms with Gasteiger partial charge < -0.3 is 10.3 Å². The minimum Gasteiger partial charge on any atom is -0.329 e. The molecule has 0 aliphatic carbocycles. The van der Waals surface area contributed by atoms with Gasteiger partial charge >= 0.3 is 0 Å². The van der Waals surface area contributed by atoms with Gasteiger partial charge in [0.1, 0.15) is 5.82 Å². The summed E-state index contributed by atoms with van der Waals surface area (Å²) < 4.78 is 2.04. The van der Waals surface area contributed by atoms with Crippen LogP contribution in [0.5, 0.6) is 0 Å². The fourth-order valence-electron chi connectivity index (χ4n) is 2.48. The van der Waals surface area contributed by atoms with Crippen molar-refractivity contribution in [3.63, 3.8) is 0 Å². The molecule has 0 bridgehead atoms. The van der Waals surface area contributed by atoms with E-state index in [1.54, 1.807) is 6.20 Å². The number of hydrogen-bond acceptors (Lipinski definition) is 3. The Labute approximate surface area is 118 Å². The van der Waals surface area contributed by atoms with Crippen molar-refractivity contribution in [3.8, 4) is 0 Å². The van der Waals surface area contributed by atoms with Gasteiger partial charge in [0.2, 0.25) is 0 Å². The number of aromatic nitrogens is 3. The highest BCUT2D eigenvalue weighted by Crippen LogP contribution is 2.20. The van der Waals surface area contributed by atoms with Gasteiger partial charge in [-0.2, -0.15) is 0 Å². The molecule has 2 heterocycles. The molecule has 0 aliphatic rings. The summed E-state index contributed by atoms with van der Waals surface area (Å²) in [5.74, 6) is 0.920. The first kappa shape index (κ1) is 12.8. The highest BCUT2D eigenvalue weighted by Gasteiger charge is 2.14. The van der Waals surface area contributed by atoms with E-state index in [0.717, 1.165) is 29.7 Å². The molecule has 1 atom stereocenters. The molecule has 3 rings (SSSR count). The van der Waals surface area contributed by atoms with Gasteiger partial charge in [-0.1, -0.05) is 30.3 Å². The number of nitrogens with two attached hydrogens (primary N) is 1. The molecule has 0 aliphatic heterocycles. The van der Waals surface area contributed by atoms with Crippen LogP contribution in [0.1, 0.15) is 23.9 Å². The lowest BCUT2D eigenvalue weighted by Crippen LogP contribution is -2.16. The Kier molecular flexibility index (Phi) is 3.48. The summed E-state index contributed by atoms with van der Waals surface area (Å²) in [7, 11) is 1.99. The highest BCUT2D eigenvalue weighted by atomic mass is 15.1. The van der Waals surface area contributed by atoms with Crippen molar-refractivity contribution >= 4 is 11.0 Å². The summed E-state index contributed by atoms with van der Waals surface area (Å²) in [6, 6.07) is 12.3. The third-order valence-corrected chi connectivity index (χ3v) is 3.64. The van der Waals surface area contributed by atoms with E-state index in [4.69, 9.17) is 5.73 Å². The maximum Gasteiger partial charge on any atom is 0.126 e. The summed E-state index contributed by atoms with van der Waals surface area (Å²) in [6.07, 6.45) is 5.43. The normalized spacial score (nSPS) is 12.7. The van der Waals surface area contributed by atoms with Crippen molar-refractivity contribution < 1.29 is 0 Å². The number of pyridine rings is 1. The fraction of sp³-hybridized carbons (Fsp3) is 0.250. The van der Waals surface area contributed by atoms with Gasteiger partial charge in [-0.05, 0) is 24.5 Å². The second kappa shape index (κ2) is 5.43. The van der Waals surface area contributed by atoms with Gasteiger partial charge in [0.25, 0.3) is 0 Å². The minimum atomic E-state index is -0.0624. The van der Waals surface area contributed by atoms with Crippen molar-refractivity contribution in [2.24, 2.45) is 12.8 Å². The standard InChI is InChI=1S/C16H18N4/c1-20-15-11-18-10-9-14(15)19-16(20)13(17)8-7-12-5-3-2-4-6-12/h2-6,9-11,13H,7-8,17H2,1H3. The monoisotopic (exact) mass is 266 g/mol. The van der Waals surface area contributed by atoms with E-state index in [0.29, 0.717) is 0 Å². The molecule has 2 N–H and O–H groups in total. The van der Waals surface area contributed by atoms with Gasteiger partial charge in [0.05, 0.1) is 23.3 Å². The Bertz CT molecular complexity index is 703. The van der Waals surface area contributed by atoms with Crippen LogP contribution in [-0.2, 0) is 13.5 Å². The smallest absolute Gasteiger partial charge is 0.126 e. The van der Waals surface area contributed by atoms with Crippen LogP contribution in [0.15, 0.2) is 48.8 Å². The van der Waals surface area contributed by atoms with Crippen molar-refractivity contribution in [1.82, 2.24) is 14.5 Å². The topological polar surface area (TPSA) is 56.7 Å². The highest BCUT2D eigenvalue weighted by molar-refractivity contribution is 5.74. The van der Waals surface area contributed by atoms with Crippen molar-refractivity contribution in [2.75, 3.05) is 0 Å². The lowest BCUT2D eigenvalue weighted by molar-refractivity contribution is 0.592. The van der Waals surface area contributed by atoms with Crippen LogP contribution in [0, 0.1) is 0 Å². The van der Waals surface area contributed by atoms with E-state index < -0.39 is 0 Å². The zero-order valence-electron chi connectivity index (χ0n) is 11.5. The van der Waals surface area contributed by atoms with Crippen molar-refractivity contribution in [3.05, 3.63) is 60.2 Å². The van der Waals surface area contributed by atoms with E-state index in [9.17, 15) is 0 Å². The summed E-state index contributed by atoms with van der Waals surface area (Å²) in [4.78, 5) is 8.76. The molecular formula is C16H18N4. The molecule has 3 aromatic rings. The second-order valence-corrected chi connectivity index (χ2v) is 5.02. The van der Waals surface area contributed by atoms with Crippen LogP contribution >= 0.6 is 0 Å². The molecule has 0 saturated heterocycles. The Morgan fingerprint density at radius 2 is 2.00 bits per heavy atom. The van der Waals surface area contributed by atoms with Gasteiger partial charge in [-0.3, -0.25) is 4.98 Å². The minimum absolute atomic E-state index is 0.0624. The summed E-state index contributed by atoms with van der Waals surface area (Å²) in [6.45, 7) is 0. The van der Waals surface area contributed by atoms with Gasteiger partial charge in [0.15, 0.2) is 0 Å². The summed E-state index contributed by atoms with van der Waals surface area (Å²) in [5.41, 5.74) is 9.59.